The van der Waals surface area contributed by atoms with Crippen molar-refractivity contribution in [3.8, 4) is 0 Å². The highest BCUT2D eigenvalue weighted by molar-refractivity contribution is 5.28. The Morgan fingerprint density at radius 1 is 1.21 bits per heavy atom. The van der Waals surface area contributed by atoms with Crippen molar-refractivity contribution in [3.63, 3.8) is 0 Å². The Hall–Kier alpha value is -0.860. The van der Waals surface area contributed by atoms with Crippen LogP contribution in [0.25, 0.3) is 0 Å². The van der Waals surface area contributed by atoms with E-state index in [0.29, 0.717) is 0 Å². The number of piperazine rings is 1. The van der Waals surface area contributed by atoms with Crippen LogP contribution in [0.2, 0.25) is 0 Å². The molecule has 0 unspecified atom stereocenters. The van der Waals surface area contributed by atoms with Crippen molar-refractivity contribution in [1.29, 1.82) is 0 Å². The van der Waals surface area contributed by atoms with E-state index in [9.17, 15) is 0 Å². The second-order valence-corrected chi connectivity index (χ2v) is 3.83. The summed E-state index contributed by atoms with van der Waals surface area (Å²) in [5.41, 5.74) is 1.43. The highest BCUT2D eigenvalue weighted by atomic mass is 15.2. The molecule has 1 heterocycles. The lowest BCUT2D eigenvalue weighted by molar-refractivity contribution is 0.261. The highest BCUT2D eigenvalue weighted by Gasteiger charge is 2.09. The van der Waals surface area contributed by atoms with Gasteiger partial charge < -0.3 is 5.32 Å². The van der Waals surface area contributed by atoms with Crippen molar-refractivity contribution in [2.24, 2.45) is 0 Å². The normalized spacial score (nSPS) is 23.3. The van der Waals surface area contributed by atoms with Crippen LogP contribution in [-0.2, 0) is 0 Å². The van der Waals surface area contributed by atoms with Crippen LogP contribution in [0.1, 0.15) is 6.42 Å². The fraction of sp³-hybridized carbons (Fsp3) is 0.500. The monoisotopic (exact) mass is 190 g/mol. The average Bonchev–Trinajstić information content (AvgIpc) is 2.48. The van der Waals surface area contributed by atoms with Gasteiger partial charge >= 0.3 is 0 Å². The van der Waals surface area contributed by atoms with Crippen LogP contribution in [0.4, 0.5) is 0 Å². The summed E-state index contributed by atoms with van der Waals surface area (Å²) < 4.78 is 0. The van der Waals surface area contributed by atoms with Crippen LogP contribution in [0.15, 0.2) is 36.0 Å². The van der Waals surface area contributed by atoms with Gasteiger partial charge in [0.25, 0.3) is 0 Å². The van der Waals surface area contributed by atoms with Gasteiger partial charge in [-0.2, -0.15) is 0 Å². The zero-order chi connectivity index (χ0) is 9.64. The van der Waals surface area contributed by atoms with Crippen molar-refractivity contribution in [1.82, 2.24) is 10.2 Å². The number of hydrogen-bond acceptors (Lipinski definition) is 2. The van der Waals surface area contributed by atoms with Crippen molar-refractivity contribution < 1.29 is 0 Å². The largest absolute Gasteiger partial charge is 0.314 e. The number of nitrogens with one attached hydrogen (secondary N) is 1. The molecule has 0 radical (unpaired) electrons. The molecular weight excluding hydrogens is 172 g/mol. The first-order chi connectivity index (χ1) is 6.95. The Bertz CT molecular complexity index is 257. The van der Waals surface area contributed by atoms with Crippen LogP contribution in [-0.4, -0.2) is 37.6 Å². The smallest absolute Gasteiger partial charge is 0.0234 e. The SMILES string of the molecule is C1=CCC=CC(CN2CCNCC2)=C1. The molecule has 0 bridgehead atoms. The van der Waals surface area contributed by atoms with Gasteiger partial charge in [-0.05, 0) is 12.0 Å². The molecule has 0 aromatic heterocycles. The van der Waals surface area contributed by atoms with Crippen molar-refractivity contribution in [3.05, 3.63) is 36.0 Å². The predicted octanol–water partition coefficient (Wildman–Crippen LogP) is 1.33. The summed E-state index contributed by atoms with van der Waals surface area (Å²) in [5, 5.41) is 3.37. The summed E-state index contributed by atoms with van der Waals surface area (Å²) in [7, 11) is 0. The molecule has 2 heteroatoms. The first-order valence-electron chi connectivity index (χ1n) is 5.40. The Labute approximate surface area is 86.0 Å². The number of nitrogens with zero attached hydrogens (tertiary/aromatic N) is 1. The van der Waals surface area contributed by atoms with Crippen molar-refractivity contribution in [2.75, 3.05) is 32.7 Å². The first kappa shape index (κ1) is 9.69. The molecule has 1 N–H and O–H groups in total. The van der Waals surface area contributed by atoms with Gasteiger partial charge in [-0.1, -0.05) is 30.4 Å². The molecule has 1 fully saturated rings. The van der Waals surface area contributed by atoms with E-state index in [1.54, 1.807) is 0 Å². The fourth-order valence-electron chi connectivity index (χ4n) is 1.86. The second kappa shape index (κ2) is 5.13. The first-order valence-corrected chi connectivity index (χ1v) is 5.40. The van der Waals surface area contributed by atoms with Gasteiger partial charge in [0.15, 0.2) is 0 Å². The maximum atomic E-state index is 3.37. The van der Waals surface area contributed by atoms with Crippen LogP contribution in [0.5, 0.6) is 0 Å². The maximum absolute atomic E-state index is 3.37. The lowest BCUT2D eigenvalue weighted by Gasteiger charge is -2.27. The van der Waals surface area contributed by atoms with E-state index in [4.69, 9.17) is 0 Å². The zero-order valence-electron chi connectivity index (χ0n) is 8.58. The van der Waals surface area contributed by atoms with Crippen molar-refractivity contribution >= 4 is 0 Å². The van der Waals surface area contributed by atoms with E-state index < -0.39 is 0 Å². The Morgan fingerprint density at radius 3 is 2.93 bits per heavy atom. The molecule has 1 aliphatic heterocycles. The third kappa shape index (κ3) is 2.82. The van der Waals surface area contributed by atoms with Crippen LogP contribution < -0.4 is 5.32 Å². The molecule has 76 valence electrons. The molecule has 0 spiro atoms. The standard InChI is InChI=1S/C12H18N2/c1-2-4-6-12(5-3-1)11-14-9-7-13-8-10-14/h1,3-6,13H,2,7-11H2. The van der Waals surface area contributed by atoms with E-state index in [-0.39, 0.29) is 0 Å². The third-order valence-corrected chi connectivity index (χ3v) is 2.67. The van der Waals surface area contributed by atoms with E-state index in [2.05, 4.69) is 40.6 Å². The topological polar surface area (TPSA) is 15.3 Å². The average molecular weight is 190 g/mol. The molecule has 0 aromatic carbocycles. The molecule has 1 saturated heterocycles. The predicted molar refractivity (Wildman–Crippen MR) is 60.3 cm³/mol. The molecule has 2 nitrogen and oxygen atoms in total. The molecule has 0 aromatic rings. The summed E-state index contributed by atoms with van der Waals surface area (Å²) in [4.78, 5) is 2.51. The summed E-state index contributed by atoms with van der Waals surface area (Å²) in [6, 6.07) is 0. The van der Waals surface area contributed by atoms with Crippen LogP contribution in [0.3, 0.4) is 0 Å². The van der Waals surface area contributed by atoms with Gasteiger partial charge in [0, 0.05) is 32.7 Å². The molecule has 2 aliphatic rings. The summed E-state index contributed by atoms with van der Waals surface area (Å²) >= 11 is 0. The van der Waals surface area contributed by atoms with Gasteiger partial charge in [-0.15, -0.1) is 0 Å². The molecule has 0 saturated carbocycles. The maximum Gasteiger partial charge on any atom is 0.0234 e. The minimum absolute atomic E-state index is 1.07. The Balaban J connectivity index is 1.88. The number of rotatable bonds is 2. The molecule has 1 aliphatic carbocycles. The van der Waals surface area contributed by atoms with E-state index in [1.807, 2.05) is 0 Å². The summed E-state index contributed by atoms with van der Waals surface area (Å²) in [6.45, 7) is 5.71. The molecule has 2 rings (SSSR count). The third-order valence-electron chi connectivity index (χ3n) is 2.67. The minimum Gasteiger partial charge on any atom is -0.314 e. The van der Waals surface area contributed by atoms with Gasteiger partial charge in [0.1, 0.15) is 0 Å². The fourth-order valence-corrected chi connectivity index (χ4v) is 1.86. The number of allylic oxidation sites excluding steroid dienone is 4. The lowest BCUT2D eigenvalue weighted by atomic mass is 10.2. The Kier molecular flexibility index (Phi) is 3.55. The molecule has 0 amide bonds. The Morgan fingerprint density at radius 2 is 2.07 bits per heavy atom. The quantitative estimate of drug-likeness (QED) is 0.707. The van der Waals surface area contributed by atoms with Gasteiger partial charge in [-0.25, -0.2) is 0 Å². The van der Waals surface area contributed by atoms with E-state index in [1.165, 1.54) is 18.7 Å². The van der Waals surface area contributed by atoms with Crippen LogP contribution >= 0.6 is 0 Å². The van der Waals surface area contributed by atoms with Gasteiger partial charge in [-0.3, -0.25) is 4.90 Å². The zero-order valence-corrected chi connectivity index (χ0v) is 8.58. The lowest BCUT2D eigenvalue weighted by Crippen LogP contribution is -2.44. The molecule has 0 atom stereocenters. The van der Waals surface area contributed by atoms with Crippen molar-refractivity contribution in [2.45, 2.75) is 6.42 Å². The van der Waals surface area contributed by atoms with Gasteiger partial charge in [0.2, 0.25) is 0 Å². The summed E-state index contributed by atoms with van der Waals surface area (Å²) in [6.07, 6.45) is 12.1. The second-order valence-electron chi connectivity index (χ2n) is 3.83. The molecular formula is C12H18N2. The number of hydrogen-bond donors (Lipinski definition) is 1. The van der Waals surface area contributed by atoms with E-state index in [0.717, 1.165) is 26.1 Å². The highest BCUT2D eigenvalue weighted by Crippen LogP contribution is 2.07. The molecule has 14 heavy (non-hydrogen) atoms. The summed E-state index contributed by atoms with van der Waals surface area (Å²) in [5.74, 6) is 0. The van der Waals surface area contributed by atoms with Crippen LogP contribution in [0, 0.1) is 0 Å². The van der Waals surface area contributed by atoms with Gasteiger partial charge in [0.05, 0.1) is 0 Å². The van der Waals surface area contributed by atoms with E-state index >= 15 is 0 Å². The minimum atomic E-state index is 1.07.